The number of fused-ring (bicyclic) bond motifs is 10. The smallest absolute Gasteiger partial charge is 0.340 e. The summed E-state index contributed by atoms with van der Waals surface area (Å²) in [6.07, 6.45) is -4.95. The Morgan fingerprint density at radius 1 is 0.873 bits per heavy atom. The van der Waals surface area contributed by atoms with Crippen LogP contribution in [0.25, 0.3) is 0 Å². The Morgan fingerprint density at radius 2 is 1.49 bits per heavy atom. The molecule has 4 aliphatic heterocycles. The SMILES string of the molecule is CC(=O)O[C@H]1C2C([C@@H]3[C@@H](O)[C@@H]4[C@H]([C@H](C)[C@H]5N(N6C(=O)c7ccccc7C6=O)[C@]56OC(=O)[C@@](C)(O)[C@]46C)[C@@]3(C)[C@H]1OC(C)=O)[C@@H](O)C(=O)[C@H]1C[C@@H]3O[C@@H]3C[C@]21C. The summed E-state index contributed by atoms with van der Waals surface area (Å²) in [5.74, 6) is -9.97. The largest absolute Gasteiger partial charge is 0.458 e. The second kappa shape index (κ2) is 10.4. The van der Waals surface area contributed by atoms with Gasteiger partial charge in [-0.2, -0.15) is 10.0 Å². The zero-order chi connectivity index (χ0) is 39.4. The van der Waals surface area contributed by atoms with Gasteiger partial charge < -0.3 is 34.3 Å². The third-order valence-electron chi connectivity index (χ3n) is 16.7. The van der Waals surface area contributed by atoms with Crippen LogP contribution in [0.15, 0.2) is 24.3 Å². The summed E-state index contributed by atoms with van der Waals surface area (Å²) in [5, 5.41) is 40.2. The molecular weight excluding hydrogens is 716 g/mol. The van der Waals surface area contributed by atoms with Crippen molar-refractivity contribution in [2.75, 3.05) is 0 Å². The predicted molar refractivity (Wildman–Crippen MR) is 182 cm³/mol. The molecule has 20 atom stereocenters. The lowest BCUT2D eigenvalue weighted by Crippen LogP contribution is -2.72. The molecule has 55 heavy (non-hydrogen) atoms. The molecule has 3 N–H and O–H groups in total. The van der Waals surface area contributed by atoms with E-state index in [4.69, 9.17) is 18.9 Å². The number of Topliss-reactive ketones (excluding diaryl/α,β-unsaturated/α-hetero) is 1. The van der Waals surface area contributed by atoms with Gasteiger partial charge in [0.15, 0.2) is 11.4 Å². The number of carbonyl (C=O) groups excluding carboxylic acids is 6. The van der Waals surface area contributed by atoms with Crippen LogP contribution in [-0.4, -0.2) is 115 Å². The number of carbonyl (C=O) groups is 6. The zero-order valence-electron chi connectivity index (χ0n) is 31.6. The van der Waals surface area contributed by atoms with Crippen molar-refractivity contribution in [1.82, 2.24) is 10.0 Å². The topological polar surface area (TPSA) is 210 Å². The van der Waals surface area contributed by atoms with Gasteiger partial charge in [-0.1, -0.05) is 39.8 Å². The van der Waals surface area contributed by atoms with Gasteiger partial charge in [0.2, 0.25) is 5.72 Å². The number of hydrogen-bond acceptors (Lipinski definition) is 14. The van der Waals surface area contributed by atoms with Gasteiger partial charge in [-0.3, -0.25) is 24.0 Å². The molecule has 15 nitrogen and oxygen atoms in total. The first-order chi connectivity index (χ1) is 25.7. The Bertz CT molecular complexity index is 2000. The number of aliphatic hydroxyl groups excluding tert-OH is 2. The van der Waals surface area contributed by atoms with Gasteiger partial charge in [0, 0.05) is 48.9 Å². The van der Waals surface area contributed by atoms with Crippen molar-refractivity contribution in [3.63, 3.8) is 0 Å². The van der Waals surface area contributed by atoms with Gasteiger partial charge >= 0.3 is 17.9 Å². The number of hydrogen-bond donors (Lipinski definition) is 3. The van der Waals surface area contributed by atoms with Crippen molar-refractivity contribution in [3.05, 3.63) is 35.4 Å². The van der Waals surface area contributed by atoms with Crippen LogP contribution in [0.1, 0.15) is 82.0 Å². The lowest BCUT2D eigenvalue weighted by molar-refractivity contribution is -0.260. The lowest BCUT2D eigenvalue weighted by Gasteiger charge is -2.64. The molecule has 2 amide bonds. The van der Waals surface area contributed by atoms with Gasteiger partial charge in [0.1, 0.15) is 18.3 Å². The quantitative estimate of drug-likeness (QED) is 0.170. The predicted octanol–water partition coefficient (Wildman–Crippen LogP) is 1.01. The molecule has 4 heterocycles. The highest BCUT2D eigenvalue weighted by Crippen LogP contribution is 2.81. The fourth-order valence-corrected chi connectivity index (χ4v) is 14.6. The summed E-state index contributed by atoms with van der Waals surface area (Å²) >= 11 is 0. The molecular formula is C40H46N2O13. The highest BCUT2D eigenvalue weighted by Gasteiger charge is 2.96. The first-order valence-corrected chi connectivity index (χ1v) is 19.4. The van der Waals surface area contributed by atoms with Crippen LogP contribution in [0, 0.1) is 57.7 Å². The summed E-state index contributed by atoms with van der Waals surface area (Å²) in [6.45, 7) is 11.0. The van der Waals surface area contributed by atoms with Crippen molar-refractivity contribution in [1.29, 1.82) is 0 Å². The van der Waals surface area contributed by atoms with Crippen molar-refractivity contribution >= 4 is 35.5 Å². The molecule has 0 aromatic heterocycles. The summed E-state index contributed by atoms with van der Waals surface area (Å²) < 4.78 is 24.6. The molecule has 5 saturated carbocycles. The monoisotopic (exact) mass is 762 g/mol. The van der Waals surface area contributed by atoms with Crippen molar-refractivity contribution in [2.45, 2.75) is 115 Å². The molecule has 5 aliphatic carbocycles. The van der Waals surface area contributed by atoms with E-state index in [-0.39, 0.29) is 23.3 Å². The van der Waals surface area contributed by atoms with E-state index in [0.717, 1.165) is 5.01 Å². The van der Waals surface area contributed by atoms with Crippen LogP contribution >= 0.6 is 0 Å². The van der Waals surface area contributed by atoms with E-state index in [1.165, 1.54) is 37.9 Å². The maximum absolute atomic E-state index is 14.4. The van der Waals surface area contributed by atoms with Gasteiger partial charge in [-0.05, 0) is 49.1 Å². The van der Waals surface area contributed by atoms with Gasteiger partial charge in [0.25, 0.3) is 11.8 Å². The molecule has 0 radical (unpaired) electrons. The Hall–Kier alpha value is -3.76. The first-order valence-electron chi connectivity index (χ1n) is 19.4. The van der Waals surface area contributed by atoms with E-state index in [1.807, 2.05) is 13.8 Å². The minimum absolute atomic E-state index is 0.132. The van der Waals surface area contributed by atoms with Crippen LogP contribution in [0.4, 0.5) is 0 Å². The third kappa shape index (κ3) is 3.72. The number of hydrazine groups is 1. The number of benzene rings is 1. The number of imide groups is 1. The average Bonchev–Trinajstić information content (AvgIpc) is 3.96. The van der Waals surface area contributed by atoms with E-state index in [2.05, 4.69) is 0 Å². The second-order valence-electron chi connectivity index (χ2n) is 18.7. The van der Waals surface area contributed by atoms with Crippen LogP contribution in [0.3, 0.4) is 0 Å². The van der Waals surface area contributed by atoms with Crippen LogP contribution in [0.5, 0.6) is 0 Å². The average molecular weight is 763 g/mol. The standard InChI is InChI=1S/C40H46N2O13/c1-14-23-26(38(6)39(7,51)35(50)55-40(38)31(14)42(40)41-33(48)17-10-8-9-11-18(17)34(41)49)29(47)24-22-25(30(52-15(2)43)32(37(23,24)5)53-16(3)44)36(4)13-21-20(54-21)12-19(36)27(45)28(22)46/h8-11,14,19-26,28-32,46-47,51H,12-13H2,1-7H3/t14-,19+,20-,21+,22?,23-,24+,25?,26-,28+,29+,30-,31+,32-,36-,37+,38-,39+,40-,42?/m0/s1. The molecule has 0 bridgehead atoms. The molecule has 294 valence electrons. The normalized spacial score (nSPS) is 54.7. The number of amides is 2. The maximum atomic E-state index is 14.4. The minimum Gasteiger partial charge on any atom is -0.458 e. The van der Waals surface area contributed by atoms with Crippen molar-refractivity contribution < 1.29 is 63.0 Å². The Balaban J connectivity index is 1.18. The molecule has 8 fully saturated rings. The van der Waals surface area contributed by atoms with Crippen molar-refractivity contribution in [3.8, 4) is 0 Å². The number of epoxide rings is 1. The number of rotatable bonds is 3. The van der Waals surface area contributed by atoms with Gasteiger partial charge in [-0.15, -0.1) is 0 Å². The number of ether oxygens (including phenoxy) is 4. The Kier molecular flexibility index (Phi) is 6.74. The molecule has 3 unspecified atom stereocenters. The fraction of sp³-hybridized carbons (Fsp3) is 0.700. The molecule has 3 saturated heterocycles. The van der Waals surface area contributed by atoms with E-state index in [9.17, 15) is 44.1 Å². The number of ketones is 1. The number of nitrogens with zero attached hydrogens (tertiary/aromatic N) is 2. The van der Waals surface area contributed by atoms with E-state index >= 15 is 0 Å². The number of aliphatic hydroxyl groups is 3. The summed E-state index contributed by atoms with van der Waals surface area (Å²) in [7, 11) is 0. The molecule has 1 aromatic rings. The molecule has 10 rings (SSSR count). The summed E-state index contributed by atoms with van der Waals surface area (Å²) in [5.41, 5.74) is -7.77. The van der Waals surface area contributed by atoms with Crippen LogP contribution in [0.2, 0.25) is 0 Å². The lowest BCUT2D eigenvalue weighted by atomic mass is 9.41. The zero-order valence-corrected chi connectivity index (χ0v) is 31.6. The highest BCUT2D eigenvalue weighted by molar-refractivity contribution is 6.21. The van der Waals surface area contributed by atoms with E-state index in [1.54, 1.807) is 26.0 Å². The Labute approximate surface area is 316 Å². The number of esters is 3. The second-order valence-corrected chi connectivity index (χ2v) is 18.7. The molecule has 9 aliphatic rings. The van der Waals surface area contributed by atoms with Gasteiger partial charge in [0.05, 0.1) is 40.9 Å². The third-order valence-corrected chi connectivity index (χ3v) is 16.7. The fourth-order valence-electron chi connectivity index (χ4n) is 14.6. The highest BCUT2D eigenvalue weighted by atomic mass is 16.6. The first kappa shape index (κ1) is 35.6. The van der Waals surface area contributed by atoms with Crippen LogP contribution < -0.4 is 0 Å². The van der Waals surface area contributed by atoms with E-state index < -0.39 is 135 Å². The van der Waals surface area contributed by atoms with Crippen molar-refractivity contribution in [2.24, 2.45) is 57.7 Å². The molecule has 15 heteroatoms. The Morgan fingerprint density at radius 3 is 2.09 bits per heavy atom. The molecule has 1 spiro atoms. The summed E-state index contributed by atoms with van der Waals surface area (Å²) in [6, 6.07) is 5.44. The minimum atomic E-state index is -2.29. The summed E-state index contributed by atoms with van der Waals surface area (Å²) in [4.78, 5) is 82.7. The van der Waals surface area contributed by atoms with Crippen LogP contribution in [-0.2, 0) is 38.1 Å². The van der Waals surface area contributed by atoms with E-state index in [0.29, 0.717) is 12.8 Å². The van der Waals surface area contributed by atoms with Gasteiger partial charge in [-0.25, -0.2) is 4.79 Å². The molecule has 1 aromatic carbocycles. The maximum Gasteiger partial charge on any atom is 0.340 e.